The molecule has 1 N–H and O–H groups in total. The number of aryl methyl sites for hydroxylation is 1. The monoisotopic (exact) mass is 241 g/mol. The molecule has 1 rings (SSSR count). The van der Waals surface area contributed by atoms with Gasteiger partial charge in [-0.05, 0) is 25.5 Å². The first kappa shape index (κ1) is 13.4. The summed E-state index contributed by atoms with van der Waals surface area (Å²) in [6.45, 7) is 4.79. The smallest absolute Gasteiger partial charge is 0.187 e. The number of thioether (sulfide) groups is 1. The van der Waals surface area contributed by atoms with Gasteiger partial charge in [0, 0.05) is 38.4 Å². The highest BCUT2D eigenvalue weighted by molar-refractivity contribution is 7.99. The highest BCUT2D eigenvalue weighted by Crippen LogP contribution is 2.10. The molecule has 1 aromatic rings. The van der Waals surface area contributed by atoms with Gasteiger partial charge in [-0.3, -0.25) is 0 Å². The van der Waals surface area contributed by atoms with Crippen LogP contribution in [-0.4, -0.2) is 42.5 Å². The van der Waals surface area contributed by atoms with Crippen molar-refractivity contribution in [2.45, 2.75) is 18.5 Å². The zero-order chi connectivity index (χ0) is 11.6. The lowest BCUT2D eigenvalue weighted by Gasteiger charge is -2.03. The van der Waals surface area contributed by atoms with Gasteiger partial charge in [-0.15, -0.1) is 0 Å². The van der Waals surface area contributed by atoms with Crippen LogP contribution in [0.5, 0.6) is 0 Å². The van der Waals surface area contributed by atoms with E-state index in [1.165, 1.54) is 0 Å². The van der Waals surface area contributed by atoms with Gasteiger partial charge in [-0.2, -0.15) is 0 Å². The molecule has 0 unspecified atom stereocenters. The predicted octanol–water partition coefficient (Wildman–Crippen LogP) is 1.50. The number of hydrogen-bond acceptors (Lipinski definition) is 5. The normalized spacial score (nSPS) is 10.6. The minimum absolute atomic E-state index is 0.821. The van der Waals surface area contributed by atoms with E-state index in [2.05, 4.69) is 15.3 Å². The maximum Gasteiger partial charge on any atom is 0.187 e. The van der Waals surface area contributed by atoms with E-state index in [4.69, 9.17) is 4.74 Å². The predicted molar refractivity (Wildman–Crippen MR) is 66.9 cm³/mol. The molecular weight excluding hydrogens is 222 g/mol. The van der Waals surface area contributed by atoms with Gasteiger partial charge in [-0.1, -0.05) is 11.8 Å². The highest BCUT2D eigenvalue weighted by Gasteiger charge is 1.96. The van der Waals surface area contributed by atoms with E-state index in [9.17, 15) is 0 Å². The topological polar surface area (TPSA) is 47.0 Å². The fraction of sp³-hybridized carbons (Fsp3) is 0.636. The van der Waals surface area contributed by atoms with E-state index in [1.54, 1.807) is 18.9 Å². The molecule has 90 valence electrons. The Morgan fingerprint density at radius 3 is 2.75 bits per heavy atom. The van der Waals surface area contributed by atoms with Gasteiger partial charge in [0.05, 0.1) is 0 Å². The molecule has 0 aliphatic carbocycles. The second kappa shape index (κ2) is 8.50. The van der Waals surface area contributed by atoms with Crippen LogP contribution in [-0.2, 0) is 4.74 Å². The number of rotatable bonds is 8. The largest absolute Gasteiger partial charge is 0.385 e. The first-order chi connectivity index (χ1) is 7.83. The van der Waals surface area contributed by atoms with Crippen LogP contribution in [0.3, 0.4) is 0 Å². The molecule has 0 radical (unpaired) electrons. The molecule has 0 saturated carbocycles. The molecule has 0 amide bonds. The summed E-state index contributed by atoms with van der Waals surface area (Å²) in [5.74, 6) is 0.996. The van der Waals surface area contributed by atoms with Crippen LogP contribution < -0.4 is 5.32 Å². The molecule has 0 aliphatic heterocycles. The summed E-state index contributed by atoms with van der Waals surface area (Å²) >= 11 is 1.68. The quantitative estimate of drug-likeness (QED) is 0.424. The third kappa shape index (κ3) is 6.05. The van der Waals surface area contributed by atoms with Gasteiger partial charge in [-0.25, -0.2) is 9.97 Å². The minimum atomic E-state index is 0.821. The SMILES string of the molecule is COCCCNCCSc1ncc(C)cn1. The fourth-order valence-corrected chi connectivity index (χ4v) is 1.82. The second-order valence-corrected chi connectivity index (χ2v) is 4.55. The molecule has 16 heavy (non-hydrogen) atoms. The molecule has 0 bridgehead atoms. The van der Waals surface area contributed by atoms with Crippen LogP contribution in [0.4, 0.5) is 0 Å². The Hall–Kier alpha value is -0.650. The van der Waals surface area contributed by atoms with Crippen LogP contribution in [0.2, 0.25) is 0 Å². The maximum absolute atomic E-state index is 4.96. The molecule has 5 heteroatoms. The zero-order valence-corrected chi connectivity index (χ0v) is 10.7. The number of hydrogen-bond donors (Lipinski definition) is 1. The van der Waals surface area contributed by atoms with Gasteiger partial charge in [0.25, 0.3) is 0 Å². The molecule has 0 aromatic carbocycles. The maximum atomic E-state index is 4.96. The number of aromatic nitrogens is 2. The third-order valence-electron chi connectivity index (χ3n) is 1.97. The molecule has 1 heterocycles. The van der Waals surface area contributed by atoms with E-state index >= 15 is 0 Å². The third-order valence-corrected chi connectivity index (χ3v) is 2.85. The van der Waals surface area contributed by atoms with Crippen molar-refractivity contribution in [3.63, 3.8) is 0 Å². The molecule has 4 nitrogen and oxygen atoms in total. The molecule has 1 aromatic heterocycles. The van der Waals surface area contributed by atoms with Gasteiger partial charge in [0.2, 0.25) is 0 Å². The summed E-state index contributed by atoms with van der Waals surface area (Å²) in [5.41, 5.74) is 1.10. The van der Waals surface area contributed by atoms with Gasteiger partial charge in [0.15, 0.2) is 5.16 Å². The van der Waals surface area contributed by atoms with Crippen LogP contribution in [0.1, 0.15) is 12.0 Å². The Kier molecular flexibility index (Phi) is 7.12. The van der Waals surface area contributed by atoms with E-state index in [0.717, 1.165) is 42.6 Å². The van der Waals surface area contributed by atoms with Gasteiger partial charge < -0.3 is 10.1 Å². The van der Waals surface area contributed by atoms with Gasteiger partial charge in [0.1, 0.15) is 0 Å². The average Bonchev–Trinajstić information content (AvgIpc) is 2.30. The van der Waals surface area contributed by atoms with Crippen LogP contribution in [0.25, 0.3) is 0 Å². The first-order valence-electron chi connectivity index (χ1n) is 5.44. The molecule has 0 fully saturated rings. The van der Waals surface area contributed by atoms with Crippen LogP contribution in [0, 0.1) is 6.92 Å². The lowest BCUT2D eigenvalue weighted by atomic mass is 10.4. The van der Waals surface area contributed by atoms with Crippen molar-refractivity contribution in [1.29, 1.82) is 0 Å². The van der Waals surface area contributed by atoms with E-state index in [1.807, 2.05) is 19.3 Å². The Bertz CT molecular complexity index is 279. The van der Waals surface area contributed by atoms with Crippen molar-refractivity contribution in [3.05, 3.63) is 18.0 Å². The Morgan fingerprint density at radius 2 is 2.06 bits per heavy atom. The lowest BCUT2D eigenvalue weighted by Crippen LogP contribution is -2.19. The molecule has 0 aliphatic rings. The fourth-order valence-electron chi connectivity index (χ4n) is 1.14. The van der Waals surface area contributed by atoms with E-state index < -0.39 is 0 Å². The van der Waals surface area contributed by atoms with E-state index in [-0.39, 0.29) is 0 Å². The number of nitrogens with zero attached hydrogens (tertiary/aromatic N) is 2. The molecule has 0 spiro atoms. The van der Waals surface area contributed by atoms with Gasteiger partial charge >= 0.3 is 0 Å². The standard InChI is InChI=1S/C11H19N3OS/c1-10-8-13-11(14-9-10)16-7-5-12-4-3-6-15-2/h8-9,12H,3-7H2,1-2H3. The Labute approximate surface area is 101 Å². The summed E-state index contributed by atoms with van der Waals surface area (Å²) in [6, 6.07) is 0. The summed E-state index contributed by atoms with van der Waals surface area (Å²) in [7, 11) is 1.73. The first-order valence-corrected chi connectivity index (χ1v) is 6.42. The highest BCUT2D eigenvalue weighted by atomic mass is 32.2. The van der Waals surface area contributed by atoms with Crippen LogP contribution >= 0.6 is 11.8 Å². The summed E-state index contributed by atoms with van der Waals surface area (Å²) in [4.78, 5) is 8.46. The summed E-state index contributed by atoms with van der Waals surface area (Å²) < 4.78 is 4.96. The summed E-state index contributed by atoms with van der Waals surface area (Å²) in [5, 5.41) is 4.20. The summed E-state index contributed by atoms with van der Waals surface area (Å²) in [6.07, 6.45) is 4.75. The molecular formula is C11H19N3OS. The zero-order valence-electron chi connectivity index (χ0n) is 9.90. The van der Waals surface area contributed by atoms with Crippen molar-refractivity contribution >= 4 is 11.8 Å². The molecule has 0 saturated heterocycles. The minimum Gasteiger partial charge on any atom is -0.385 e. The van der Waals surface area contributed by atoms with Crippen LogP contribution in [0.15, 0.2) is 17.6 Å². The van der Waals surface area contributed by atoms with E-state index in [0.29, 0.717) is 0 Å². The van der Waals surface area contributed by atoms with Crippen molar-refractivity contribution in [2.75, 3.05) is 32.6 Å². The Balaban J connectivity index is 2.01. The molecule has 0 atom stereocenters. The number of ether oxygens (including phenoxy) is 1. The second-order valence-electron chi connectivity index (χ2n) is 3.49. The van der Waals surface area contributed by atoms with Crippen molar-refractivity contribution in [2.24, 2.45) is 0 Å². The Morgan fingerprint density at radius 1 is 1.31 bits per heavy atom. The number of nitrogens with one attached hydrogen (secondary N) is 1. The van der Waals surface area contributed by atoms with Crippen molar-refractivity contribution < 1.29 is 4.74 Å². The lowest BCUT2D eigenvalue weighted by molar-refractivity contribution is 0.194. The number of methoxy groups -OCH3 is 1. The van der Waals surface area contributed by atoms with Crippen molar-refractivity contribution in [3.8, 4) is 0 Å². The van der Waals surface area contributed by atoms with Crippen molar-refractivity contribution in [1.82, 2.24) is 15.3 Å². The average molecular weight is 241 g/mol.